The van der Waals surface area contributed by atoms with Crippen LogP contribution in [0.3, 0.4) is 0 Å². The molecular weight excluding hydrogens is 446 g/mol. The molecule has 0 heterocycles. The van der Waals surface area contributed by atoms with Gasteiger partial charge in [-0.3, -0.25) is 0 Å². The van der Waals surface area contributed by atoms with Crippen molar-refractivity contribution in [1.29, 1.82) is 0 Å². The van der Waals surface area contributed by atoms with Crippen molar-refractivity contribution in [3.63, 3.8) is 0 Å². The van der Waals surface area contributed by atoms with Crippen LogP contribution in [0.4, 0.5) is 0 Å². The fourth-order valence-corrected chi connectivity index (χ4v) is 5.25. The highest BCUT2D eigenvalue weighted by Gasteiger charge is 2.14. The van der Waals surface area contributed by atoms with Gasteiger partial charge in [0, 0.05) is 5.56 Å². The molecule has 0 aliphatic heterocycles. The molecule has 0 spiro atoms. The quantitative estimate of drug-likeness (QED) is 0.0991. The molecule has 0 fully saturated rings. The molecule has 0 radical (unpaired) electrons. The fourth-order valence-electron chi connectivity index (χ4n) is 5.25. The molecule has 0 aliphatic rings. The van der Waals surface area contributed by atoms with E-state index in [1.165, 1.54) is 141 Å². The zero-order chi connectivity index (χ0) is 24.7. The van der Waals surface area contributed by atoms with Gasteiger partial charge in [0.25, 0.3) is 0 Å². The summed E-state index contributed by atoms with van der Waals surface area (Å²) in [6.07, 6.45) is 29.2. The highest BCUT2D eigenvalue weighted by Crippen LogP contribution is 2.16. The van der Waals surface area contributed by atoms with Gasteiger partial charge in [0.2, 0.25) is 0 Å². The van der Waals surface area contributed by atoms with Gasteiger partial charge in [-0.15, -0.1) is 0 Å². The monoisotopic (exact) mass is 507 g/mol. The van der Waals surface area contributed by atoms with Gasteiger partial charge in [0.15, 0.2) is 0 Å². The number of unbranched alkanes of at least 4 members (excludes halogenated alkanes) is 18. The Bertz CT molecular complexity index is 539. The lowest BCUT2D eigenvalue weighted by molar-refractivity contribution is -0.903. The summed E-state index contributed by atoms with van der Waals surface area (Å²) >= 11 is 0. The molecule has 0 saturated carbocycles. The molecule has 1 rings (SSSR count). The van der Waals surface area contributed by atoms with Crippen molar-refractivity contribution in [3.8, 4) is 0 Å². The largest absolute Gasteiger partial charge is 1.00 e. The molecule has 0 aliphatic carbocycles. The molecule has 2 heteroatoms. The van der Waals surface area contributed by atoms with Crippen LogP contribution in [0.1, 0.15) is 148 Å². The first kappa shape index (κ1) is 34.5. The molecule has 0 unspecified atom stereocenters. The topological polar surface area (TPSA) is 0 Å². The van der Waals surface area contributed by atoms with Gasteiger partial charge < -0.3 is 16.9 Å². The Hall–Kier alpha value is -0.530. The Morgan fingerprint density at radius 1 is 0.514 bits per heavy atom. The lowest BCUT2D eigenvalue weighted by Crippen LogP contribution is -3.00. The second-order valence-corrected chi connectivity index (χ2v) is 12.2. The summed E-state index contributed by atoms with van der Waals surface area (Å²) in [6.45, 7) is 7.14. The third-order valence-corrected chi connectivity index (χ3v) is 7.50. The molecule has 35 heavy (non-hydrogen) atoms. The molecule has 0 aromatic heterocycles. The van der Waals surface area contributed by atoms with E-state index in [0.29, 0.717) is 0 Å². The summed E-state index contributed by atoms with van der Waals surface area (Å²) in [5.41, 5.74) is 1.46. The zero-order valence-corrected chi connectivity index (χ0v) is 25.1. The number of hydrogen-bond donors (Lipinski definition) is 0. The normalized spacial score (nSPS) is 11.7. The van der Waals surface area contributed by atoms with Gasteiger partial charge in [0.1, 0.15) is 6.54 Å². The van der Waals surface area contributed by atoms with Gasteiger partial charge in [-0.1, -0.05) is 160 Å². The van der Waals surface area contributed by atoms with E-state index in [1.54, 1.807) is 0 Å². The van der Waals surface area contributed by atoms with Gasteiger partial charge in [0.05, 0.1) is 20.6 Å². The van der Waals surface area contributed by atoms with E-state index in [1.807, 2.05) is 0 Å². The maximum atomic E-state index is 2.38. The van der Waals surface area contributed by atoms with Crippen molar-refractivity contribution >= 4 is 0 Å². The summed E-state index contributed by atoms with van der Waals surface area (Å²) in [7, 11) is 4.76. The van der Waals surface area contributed by atoms with Gasteiger partial charge in [-0.05, 0) is 18.8 Å². The standard InChI is InChI=1S/C33H62N.ClH/c1-32(2)27-23-20-18-16-14-12-10-8-6-5-7-9-11-13-15-17-19-21-26-30-34(3,4)31-33-28-24-22-25-29-33;/h22,24-25,28-29,32H,5-21,23,26-27,30-31H2,1-4H3;1H/q+1;/p-1. The maximum Gasteiger partial charge on any atom is 0.104 e. The Morgan fingerprint density at radius 3 is 1.23 bits per heavy atom. The van der Waals surface area contributed by atoms with Crippen LogP contribution in [0.5, 0.6) is 0 Å². The van der Waals surface area contributed by atoms with Crippen LogP contribution in [-0.4, -0.2) is 25.1 Å². The van der Waals surface area contributed by atoms with Crippen LogP contribution in [0.25, 0.3) is 0 Å². The predicted octanol–water partition coefficient (Wildman–Crippen LogP) is 7.73. The Morgan fingerprint density at radius 2 is 0.857 bits per heavy atom. The molecule has 0 atom stereocenters. The first-order chi connectivity index (χ1) is 16.5. The number of halogens is 1. The van der Waals surface area contributed by atoms with Crippen LogP contribution < -0.4 is 12.4 Å². The van der Waals surface area contributed by atoms with Crippen molar-refractivity contribution in [1.82, 2.24) is 0 Å². The second kappa shape index (κ2) is 23.8. The van der Waals surface area contributed by atoms with Crippen molar-refractivity contribution < 1.29 is 16.9 Å². The molecule has 1 aromatic carbocycles. The van der Waals surface area contributed by atoms with Crippen LogP contribution in [-0.2, 0) is 6.54 Å². The Kier molecular flexibility index (Phi) is 23.5. The number of hydrogen-bond acceptors (Lipinski definition) is 0. The van der Waals surface area contributed by atoms with E-state index in [4.69, 9.17) is 0 Å². The Labute approximate surface area is 227 Å². The van der Waals surface area contributed by atoms with E-state index >= 15 is 0 Å². The minimum absolute atomic E-state index is 0. The average Bonchev–Trinajstić information content (AvgIpc) is 2.80. The zero-order valence-electron chi connectivity index (χ0n) is 24.3. The molecule has 0 saturated heterocycles. The maximum absolute atomic E-state index is 2.38. The fraction of sp³-hybridized carbons (Fsp3) is 0.818. The Balaban J connectivity index is 0.0000116. The second-order valence-electron chi connectivity index (χ2n) is 12.2. The minimum atomic E-state index is 0. The van der Waals surface area contributed by atoms with Crippen molar-refractivity contribution in [2.45, 2.75) is 149 Å². The van der Waals surface area contributed by atoms with E-state index in [9.17, 15) is 0 Å². The lowest BCUT2D eigenvalue weighted by atomic mass is 10.0. The van der Waals surface area contributed by atoms with Gasteiger partial charge in [-0.2, -0.15) is 0 Å². The minimum Gasteiger partial charge on any atom is -1.00 e. The smallest absolute Gasteiger partial charge is 0.104 e. The molecule has 0 amide bonds. The molecule has 206 valence electrons. The number of quaternary nitrogens is 1. The van der Waals surface area contributed by atoms with Crippen molar-refractivity contribution in [2.24, 2.45) is 5.92 Å². The highest BCUT2D eigenvalue weighted by atomic mass is 35.5. The predicted molar refractivity (Wildman–Crippen MR) is 154 cm³/mol. The van der Waals surface area contributed by atoms with Gasteiger partial charge >= 0.3 is 0 Å². The summed E-state index contributed by atoms with van der Waals surface area (Å²) < 4.78 is 1.11. The van der Waals surface area contributed by atoms with Crippen molar-refractivity contribution in [3.05, 3.63) is 35.9 Å². The average molecular weight is 508 g/mol. The van der Waals surface area contributed by atoms with Crippen LogP contribution in [0.15, 0.2) is 30.3 Å². The number of nitrogens with zero attached hydrogens (tertiary/aromatic N) is 1. The third kappa shape index (κ3) is 23.6. The highest BCUT2D eigenvalue weighted by molar-refractivity contribution is 5.13. The summed E-state index contributed by atoms with van der Waals surface area (Å²) in [5.74, 6) is 0.892. The molecule has 1 nitrogen and oxygen atoms in total. The summed E-state index contributed by atoms with van der Waals surface area (Å²) in [5, 5.41) is 0. The lowest BCUT2D eigenvalue weighted by Gasteiger charge is -2.30. The molecule has 0 bridgehead atoms. The van der Waals surface area contributed by atoms with Crippen LogP contribution in [0, 0.1) is 5.92 Å². The summed E-state index contributed by atoms with van der Waals surface area (Å²) in [4.78, 5) is 0. The van der Waals surface area contributed by atoms with E-state index in [2.05, 4.69) is 58.3 Å². The van der Waals surface area contributed by atoms with E-state index < -0.39 is 0 Å². The number of rotatable bonds is 24. The summed E-state index contributed by atoms with van der Waals surface area (Å²) in [6, 6.07) is 11.0. The SMILES string of the molecule is CC(C)CCCCCCCCCCCCCCCCCCCCC[N+](C)(C)Cc1ccccc1.[Cl-]. The molecule has 0 N–H and O–H groups in total. The van der Waals surface area contributed by atoms with Gasteiger partial charge in [-0.25, -0.2) is 0 Å². The van der Waals surface area contributed by atoms with Crippen LogP contribution >= 0.6 is 0 Å². The molecule has 1 aromatic rings. The first-order valence-electron chi connectivity index (χ1n) is 15.4. The van der Waals surface area contributed by atoms with Crippen molar-refractivity contribution in [2.75, 3.05) is 20.6 Å². The third-order valence-electron chi connectivity index (χ3n) is 7.50. The van der Waals surface area contributed by atoms with E-state index in [0.717, 1.165) is 16.9 Å². The van der Waals surface area contributed by atoms with Crippen LogP contribution in [0.2, 0.25) is 0 Å². The first-order valence-corrected chi connectivity index (χ1v) is 15.4. The molecular formula is C33H62ClN. The van der Waals surface area contributed by atoms with E-state index in [-0.39, 0.29) is 12.4 Å². The number of benzene rings is 1.